The molecule has 4 rings (SSSR count). The molecule has 1 aliphatic heterocycles. The maximum atomic E-state index is 13.2. The summed E-state index contributed by atoms with van der Waals surface area (Å²) in [6, 6.07) is 9.80. The molecule has 1 unspecified atom stereocenters. The third kappa shape index (κ3) is 3.73. The Morgan fingerprint density at radius 1 is 1.30 bits per heavy atom. The van der Waals surface area contributed by atoms with Crippen molar-refractivity contribution in [2.45, 2.75) is 18.8 Å². The lowest BCUT2D eigenvalue weighted by Crippen LogP contribution is -2.42. The SMILES string of the molecule is O=C(COc1ccc(F)c(Cl)c1)N1CCCC(c2nnc3ccccn23)C1. The van der Waals surface area contributed by atoms with Gasteiger partial charge in [-0.2, -0.15) is 0 Å². The van der Waals surface area contributed by atoms with E-state index in [2.05, 4.69) is 10.2 Å². The van der Waals surface area contributed by atoms with Crippen molar-refractivity contribution in [3.05, 3.63) is 59.3 Å². The van der Waals surface area contributed by atoms with Crippen LogP contribution in [0.4, 0.5) is 4.39 Å². The molecule has 2 aromatic heterocycles. The fourth-order valence-corrected chi connectivity index (χ4v) is 3.53. The van der Waals surface area contributed by atoms with Gasteiger partial charge in [-0.15, -0.1) is 10.2 Å². The first-order valence-electron chi connectivity index (χ1n) is 8.77. The zero-order chi connectivity index (χ0) is 18.8. The van der Waals surface area contributed by atoms with Gasteiger partial charge in [0.1, 0.15) is 17.4 Å². The van der Waals surface area contributed by atoms with E-state index in [0.29, 0.717) is 18.8 Å². The van der Waals surface area contributed by atoms with Crippen LogP contribution in [0.25, 0.3) is 5.65 Å². The monoisotopic (exact) mass is 388 g/mol. The average molecular weight is 389 g/mol. The Kier molecular flexibility index (Phi) is 4.94. The summed E-state index contributed by atoms with van der Waals surface area (Å²) in [6.07, 6.45) is 3.78. The molecule has 27 heavy (non-hydrogen) atoms. The number of benzene rings is 1. The smallest absolute Gasteiger partial charge is 0.260 e. The molecule has 140 valence electrons. The highest BCUT2D eigenvalue weighted by atomic mass is 35.5. The van der Waals surface area contributed by atoms with Gasteiger partial charge in [0.05, 0.1) is 5.02 Å². The van der Waals surface area contributed by atoms with E-state index in [1.54, 1.807) is 4.90 Å². The highest BCUT2D eigenvalue weighted by Crippen LogP contribution is 2.26. The summed E-state index contributed by atoms with van der Waals surface area (Å²) in [6.45, 7) is 1.14. The molecule has 8 heteroatoms. The largest absolute Gasteiger partial charge is 0.484 e. The van der Waals surface area contributed by atoms with Crippen LogP contribution in [-0.2, 0) is 4.79 Å². The Balaban J connectivity index is 1.41. The number of rotatable bonds is 4. The van der Waals surface area contributed by atoms with Crippen LogP contribution >= 0.6 is 11.6 Å². The number of hydrogen-bond donors (Lipinski definition) is 0. The first kappa shape index (κ1) is 17.7. The molecule has 1 atom stereocenters. The van der Waals surface area contributed by atoms with Gasteiger partial charge in [0.25, 0.3) is 5.91 Å². The molecule has 1 aliphatic rings. The molecular weight excluding hydrogens is 371 g/mol. The van der Waals surface area contributed by atoms with E-state index in [-0.39, 0.29) is 23.5 Å². The lowest BCUT2D eigenvalue weighted by atomic mass is 9.97. The number of fused-ring (bicyclic) bond motifs is 1. The minimum Gasteiger partial charge on any atom is -0.484 e. The van der Waals surface area contributed by atoms with Crippen molar-refractivity contribution in [3.8, 4) is 5.75 Å². The van der Waals surface area contributed by atoms with Crippen molar-refractivity contribution >= 4 is 23.2 Å². The lowest BCUT2D eigenvalue weighted by Gasteiger charge is -2.31. The number of piperidine rings is 1. The fourth-order valence-electron chi connectivity index (χ4n) is 3.36. The van der Waals surface area contributed by atoms with Crippen LogP contribution in [0, 0.1) is 5.82 Å². The number of carbonyl (C=O) groups is 1. The third-order valence-electron chi connectivity index (χ3n) is 4.73. The van der Waals surface area contributed by atoms with E-state index in [1.807, 2.05) is 28.8 Å². The Labute approximate surface area is 160 Å². The van der Waals surface area contributed by atoms with Gasteiger partial charge in [-0.3, -0.25) is 9.20 Å². The molecule has 1 aromatic carbocycles. The molecule has 0 radical (unpaired) electrons. The topological polar surface area (TPSA) is 59.7 Å². The quantitative estimate of drug-likeness (QED) is 0.688. The van der Waals surface area contributed by atoms with Crippen molar-refractivity contribution in [2.75, 3.05) is 19.7 Å². The van der Waals surface area contributed by atoms with Gasteiger partial charge in [-0.05, 0) is 37.1 Å². The lowest BCUT2D eigenvalue weighted by molar-refractivity contribution is -0.134. The normalized spacial score (nSPS) is 17.3. The van der Waals surface area contributed by atoms with E-state index in [1.165, 1.54) is 18.2 Å². The number of likely N-dealkylation sites (tertiary alicyclic amines) is 1. The van der Waals surface area contributed by atoms with Crippen LogP contribution in [0.5, 0.6) is 5.75 Å². The number of amides is 1. The number of nitrogens with zero attached hydrogens (tertiary/aromatic N) is 4. The molecule has 0 saturated carbocycles. The first-order valence-corrected chi connectivity index (χ1v) is 9.15. The van der Waals surface area contributed by atoms with Crippen LogP contribution in [0.3, 0.4) is 0 Å². The predicted octanol–water partition coefficient (Wildman–Crippen LogP) is 3.31. The number of hydrogen-bond acceptors (Lipinski definition) is 4. The minimum absolute atomic E-state index is 0.0309. The van der Waals surface area contributed by atoms with E-state index < -0.39 is 5.82 Å². The van der Waals surface area contributed by atoms with Crippen LogP contribution in [-0.4, -0.2) is 45.1 Å². The van der Waals surface area contributed by atoms with Gasteiger partial charge in [-0.1, -0.05) is 17.7 Å². The molecule has 1 amide bonds. The first-order chi connectivity index (χ1) is 13.1. The zero-order valence-electron chi connectivity index (χ0n) is 14.5. The predicted molar refractivity (Wildman–Crippen MR) is 98.4 cm³/mol. The fraction of sp³-hybridized carbons (Fsp3) is 0.316. The molecule has 0 spiro atoms. The summed E-state index contributed by atoms with van der Waals surface area (Å²) < 4.78 is 20.6. The molecule has 0 N–H and O–H groups in total. The highest BCUT2D eigenvalue weighted by molar-refractivity contribution is 6.30. The molecular formula is C19H18ClFN4O2. The Bertz CT molecular complexity index is 977. The van der Waals surface area contributed by atoms with E-state index >= 15 is 0 Å². The van der Waals surface area contributed by atoms with E-state index in [0.717, 1.165) is 24.3 Å². The summed E-state index contributed by atoms with van der Waals surface area (Å²) >= 11 is 5.74. The van der Waals surface area contributed by atoms with Crippen molar-refractivity contribution in [1.82, 2.24) is 19.5 Å². The summed E-state index contributed by atoms with van der Waals surface area (Å²) in [7, 11) is 0. The summed E-state index contributed by atoms with van der Waals surface area (Å²) in [5.74, 6) is 0.727. The molecule has 3 aromatic rings. The van der Waals surface area contributed by atoms with Crippen molar-refractivity contribution in [1.29, 1.82) is 0 Å². The zero-order valence-corrected chi connectivity index (χ0v) is 15.3. The molecule has 1 saturated heterocycles. The number of pyridine rings is 1. The maximum Gasteiger partial charge on any atom is 0.260 e. The van der Waals surface area contributed by atoms with Gasteiger partial charge in [-0.25, -0.2) is 4.39 Å². The van der Waals surface area contributed by atoms with E-state index in [9.17, 15) is 9.18 Å². The second-order valence-electron chi connectivity index (χ2n) is 6.53. The Hall–Kier alpha value is -2.67. The highest BCUT2D eigenvalue weighted by Gasteiger charge is 2.28. The van der Waals surface area contributed by atoms with Gasteiger partial charge in [0, 0.05) is 31.3 Å². The van der Waals surface area contributed by atoms with Gasteiger partial charge >= 0.3 is 0 Å². The molecule has 1 fully saturated rings. The minimum atomic E-state index is -0.519. The van der Waals surface area contributed by atoms with Crippen molar-refractivity contribution in [2.24, 2.45) is 0 Å². The molecule has 3 heterocycles. The molecule has 0 aliphatic carbocycles. The van der Waals surface area contributed by atoms with Gasteiger partial charge < -0.3 is 9.64 Å². The maximum absolute atomic E-state index is 13.2. The second kappa shape index (κ2) is 7.52. The number of ether oxygens (including phenoxy) is 1. The number of aromatic nitrogens is 3. The number of halogens is 2. The Morgan fingerprint density at radius 3 is 3.04 bits per heavy atom. The van der Waals surface area contributed by atoms with Gasteiger partial charge in [0.15, 0.2) is 12.3 Å². The van der Waals surface area contributed by atoms with Crippen LogP contribution < -0.4 is 4.74 Å². The van der Waals surface area contributed by atoms with Crippen molar-refractivity contribution < 1.29 is 13.9 Å². The van der Waals surface area contributed by atoms with Crippen LogP contribution in [0.15, 0.2) is 42.6 Å². The van der Waals surface area contributed by atoms with Crippen molar-refractivity contribution in [3.63, 3.8) is 0 Å². The second-order valence-corrected chi connectivity index (χ2v) is 6.94. The standard InChI is InChI=1S/C19H18ClFN4O2/c20-15-10-14(6-7-16(15)21)27-12-18(26)24-8-3-4-13(11-24)19-23-22-17-5-1-2-9-25(17)19/h1-2,5-7,9-10,13H,3-4,8,11-12H2. The summed E-state index contributed by atoms with van der Waals surface area (Å²) in [5, 5.41) is 8.48. The van der Waals surface area contributed by atoms with Crippen LogP contribution in [0.2, 0.25) is 5.02 Å². The Morgan fingerprint density at radius 2 is 2.19 bits per heavy atom. The van der Waals surface area contributed by atoms with Gasteiger partial charge in [0.2, 0.25) is 0 Å². The van der Waals surface area contributed by atoms with E-state index in [4.69, 9.17) is 16.3 Å². The third-order valence-corrected chi connectivity index (χ3v) is 5.02. The summed E-state index contributed by atoms with van der Waals surface area (Å²) in [4.78, 5) is 14.3. The van der Waals surface area contributed by atoms with Crippen LogP contribution in [0.1, 0.15) is 24.6 Å². The summed E-state index contributed by atoms with van der Waals surface area (Å²) in [5.41, 5.74) is 0.799. The number of carbonyl (C=O) groups excluding carboxylic acids is 1. The molecule has 6 nitrogen and oxygen atoms in total. The average Bonchev–Trinajstić information content (AvgIpc) is 3.13. The molecule has 0 bridgehead atoms.